The number of para-hydroxylation sites is 1. The Balaban J connectivity index is 1.82. The van der Waals surface area contributed by atoms with E-state index in [4.69, 9.17) is 28.5 Å². The number of hydrogen-bond donors (Lipinski definition) is 2. The maximum Gasteiger partial charge on any atom is 0.201 e. The number of alkyl halides is 1. The molecule has 2 N–H and O–H groups in total. The van der Waals surface area contributed by atoms with Crippen molar-refractivity contribution in [2.75, 3.05) is 11.9 Å². The lowest BCUT2D eigenvalue weighted by molar-refractivity contribution is 0.210. The van der Waals surface area contributed by atoms with Gasteiger partial charge in [-0.1, -0.05) is 35.3 Å². The molecule has 2 aromatic carbocycles. The average molecular weight is 363 g/mol. The van der Waals surface area contributed by atoms with Gasteiger partial charge in [-0.15, -0.1) is 0 Å². The average Bonchev–Trinajstić information content (AvgIpc) is 2.98. The Labute approximate surface area is 148 Å². The highest BCUT2D eigenvalue weighted by atomic mass is 35.5. The smallest absolute Gasteiger partial charge is 0.201 e. The largest absolute Gasteiger partial charge is 0.352 e. The van der Waals surface area contributed by atoms with Gasteiger partial charge in [-0.05, 0) is 36.8 Å². The topological polar surface area (TPSA) is 64.5 Å². The summed E-state index contributed by atoms with van der Waals surface area (Å²) in [6, 6.07) is 12.0. The van der Waals surface area contributed by atoms with Gasteiger partial charge in [0.15, 0.2) is 0 Å². The van der Waals surface area contributed by atoms with Gasteiger partial charge >= 0.3 is 0 Å². The number of benzene rings is 2. The van der Waals surface area contributed by atoms with E-state index in [1.54, 1.807) is 24.3 Å². The number of fused-ring (bicyclic) bond motifs is 1. The van der Waals surface area contributed by atoms with Crippen molar-refractivity contribution in [1.29, 1.82) is 5.26 Å². The summed E-state index contributed by atoms with van der Waals surface area (Å²) in [5.41, 5.74) is 0.470. The molecule has 0 saturated carbocycles. The standard InChI is InChI=1S/C17H13Cl2FN4/c1-17(20,11-5-6-12(18)13(19)7-11)9-22-16-23-14-4-2-3-10(8-21)15(14)24-16/h2-7H,9H2,1H3,(H2,22,23,24). The number of nitrogens with one attached hydrogen (secondary N) is 2. The fourth-order valence-corrected chi connectivity index (χ4v) is 2.68. The highest BCUT2D eigenvalue weighted by molar-refractivity contribution is 6.42. The minimum absolute atomic E-state index is 0.0212. The van der Waals surface area contributed by atoms with Crippen molar-refractivity contribution in [3.05, 3.63) is 57.6 Å². The molecule has 0 fully saturated rings. The van der Waals surface area contributed by atoms with Gasteiger partial charge in [-0.3, -0.25) is 0 Å². The van der Waals surface area contributed by atoms with E-state index in [1.807, 2.05) is 6.07 Å². The van der Waals surface area contributed by atoms with Crippen molar-refractivity contribution >= 4 is 40.2 Å². The number of nitriles is 1. The third-order valence-electron chi connectivity index (χ3n) is 3.74. The summed E-state index contributed by atoms with van der Waals surface area (Å²) in [5.74, 6) is 0.400. The zero-order chi connectivity index (χ0) is 17.3. The van der Waals surface area contributed by atoms with Crippen LogP contribution in [0.5, 0.6) is 0 Å². The number of H-pyrrole nitrogens is 1. The molecular formula is C17H13Cl2FN4. The van der Waals surface area contributed by atoms with Crippen LogP contribution < -0.4 is 5.32 Å². The van der Waals surface area contributed by atoms with Gasteiger partial charge < -0.3 is 10.3 Å². The summed E-state index contributed by atoms with van der Waals surface area (Å²) in [7, 11) is 0. The molecular weight excluding hydrogens is 350 g/mol. The van der Waals surface area contributed by atoms with Crippen molar-refractivity contribution < 1.29 is 4.39 Å². The molecule has 1 unspecified atom stereocenters. The minimum atomic E-state index is -1.68. The Morgan fingerprint density at radius 1 is 1.29 bits per heavy atom. The Kier molecular flexibility index (Phi) is 4.35. The number of hydrogen-bond acceptors (Lipinski definition) is 3. The van der Waals surface area contributed by atoms with E-state index in [2.05, 4.69) is 21.4 Å². The number of anilines is 1. The van der Waals surface area contributed by atoms with Crippen LogP contribution in [0.25, 0.3) is 11.0 Å². The summed E-state index contributed by atoms with van der Waals surface area (Å²) < 4.78 is 15.0. The Hall–Kier alpha value is -2.29. The van der Waals surface area contributed by atoms with E-state index >= 15 is 0 Å². The van der Waals surface area contributed by atoms with Crippen LogP contribution in [0.15, 0.2) is 36.4 Å². The number of aromatic nitrogens is 2. The van der Waals surface area contributed by atoms with E-state index in [0.29, 0.717) is 38.2 Å². The van der Waals surface area contributed by atoms with Crippen LogP contribution in [0.3, 0.4) is 0 Å². The molecule has 122 valence electrons. The monoisotopic (exact) mass is 362 g/mol. The molecule has 1 heterocycles. The Morgan fingerprint density at radius 2 is 2.08 bits per heavy atom. The van der Waals surface area contributed by atoms with Crippen molar-refractivity contribution in [2.24, 2.45) is 0 Å². The molecule has 0 bridgehead atoms. The lowest BCUT2D eigenvalue weighted by atomic mass is 9.98. The van der Waals surface area contributed by atoms with E-state index < -0.39 is 5.67 Å². The Bertz CT molecular complexity index is 943. The molecule has 24 heavy (non-hydrogen) atoms. The van der Waals surface area contributed by atoms with Crippen molar-refractivity contribution in [3.8, 4) is 6.07 Å². The number of halogens is 3. The highest BCUT2D eigenvalue weighted by Crippen LogP contribution is 2.31. The maximum atomic E-state index is 15.0. The number of nitrogens with zero attached hydrogens (tertiary/aromatic N) is 2. The molecule has 0 radical (unpaired) electrons. The highest BCUT2D eigenvalue weighted by Gasteiger charge is 2.27. The SMILES string of the molecule is CC(F)(CNc1nc2c(C#N)cccc2[nH]1)c1ccc(Cl)c(Cl)c1. The van der Waals surface area contributed by atoms with E-state index in [9.17, 15) is 4.39 Å². The van der Waals surface area contributed by atoms with Crippen LogP contribution in [0.4, 0.5) is 10.3 Å². The van der Waals surface area contributed by atoms with E-state index in [1.165, 1.54) is 13.0 Å². The second kappa shape index (κ2) is 6.31. The third kappa shape index (κ3) is 3.16. The summed E-state index contributed by atoms with van der Waals surface area (Å²) in [6.07, 6.45) is 0. The molecule has 3 rings (SSSR count). The lowest BCUT2D eigenvalue weighted by Gasteiger charge is -2.21. The van der Waals surface area contributed by atoms with Crippen molar-refractivity contribution in [1.82, 2.24) is 9.97 Å². The predicted octanol–water partition coefficient (Wildman–Crippen LogP) is 5.04. The Morgan fingerprint density at radius 3 is 2.79 bits per heavy atom. The van der Waals surface area contributed by atoms with Crippen LogP contribution in [0.1, 0.15) is 18.1 Å². The van der Waals surface area contributed by atoms with Gasteiger partial charge in [0.05, 0.1) is 27.7 Å². The molecule has 0 amide bonds. The first-order valence-electron chi connectivity index (χ1n) is 7.18. The van der Waals surface area contributed by atoms with Gasteiger partial charge in [0.1, 0.15) is 17.3 Å². The zero-order valence-corrected chi connectivity index (χ0v) is 14.2. The van der Waals surface area contributed by atoms with Crippen LogP contribution >= 0.6 is 23.2 Å². The van der Waals surface area contributed by atoms with Crippen LogP contribution in [-0.2, 0) is 5.67 Å². The molecule has 0 aliphatic rings. The van der Waals surface area contributed by atoms with Gasteiger partial charge in [0.2, 0.25) is 5.95 Å². The van der Waals surface area contributed by atoms with Crippen LogP contribution in [0.2, 0.25) is 10.0 Å². The first-order chi connectivity index (χ1) is 11.4. The van der Waals surface area contributed by atoms with Crippen molar-refractivity contribution in [3.63, 3.8) is 0 Å². The number of imidazole rings is 1. The van der Waals surface area contributed by atoms with Gasteiger partial charge in [0, 0.05) is 0 Å². The van der Waals surface area contributed by atoms with Crippen LogP contribution in [-0.4, -0.2) is 16.5 Å². The molecule has 1 aromatic heterocycles. The normalized spacial score (nSPS) is 13.5. The first-order valence-corrected chi connectivity index (χ1v) is 7.93. The molecule has 0 aliphatic carbocycles. The quantitative estimate of drug-likeness (QED) is 0.683. The molecule has 1 atom stereocenters. The molecule has 0 saturated heterocycles. The molecule has 4 nitrogen and oxygen atoms in total. The lowest BCUT2D eigenvalue weighted by Crippen LogP contribution is -2.26. The van der Waals surface area contributed by atoms with E-state index in [0.717, 1.165) is 0 Å². The second-order valence-electron chi connectivity index (χ2n) is 5.58. The summed E-state index contributed by atoms with van der Waals surface area (Å²) in [5, 5.41) is 12.7. The van der Waals surface area contributed by atoms with Gasteiger partial charge in [-0.2, -0.15) is 5.26 Å². The predicted molar refractivity (Wildman–Crippen MR) is 94.2 cm³/mol. The molecule has 3 aromatic rings. The van der Waals surface area contributed by atoms with Crippen molar-refractivity contribution in [2.45, 2.75) is 12.6 Å². The number of aromatic amines is 1. The first kappa shape index (κ1) is 16.6. The van der Waals surface area contributed by atoms with Gasteiger partial charge in [-0.25, -0.2) is 9.37 Å². The summed E-state index contributed by atoms with van der Waals surface area (Å²) in [4.78, 5) is 7.34. The minimum Gasteiger partial charge on any atom is -0.352 e. The summed E-state index contributed by atoms with van der Waals surface area (Å²) in [6.45, 7) is 1.43. The maximum absolute atomic E-state index is 15.0. The van der Waals surface area contributed by atoms with Crippen LogP contribution in [0, 0.1) is 11.3 Å². The van der Waals surface area contributed by atoms with Gasteiger partial charge in [0.25, 0.3) is 0 Å². The second-order valence-corrected chi connectivity index (χ2v) is 6.39. The number of rotatable bonds is 4. The summed E-state index contributed by atoms with van der Waals surface area (Å²) >= 11 is 11.8. The zero-order valence-electron chi connectivity index (χ0n) is 12.7. The molecule has 7 heteroatoms. The van der Waals surface area contributed by atoms with E-state index in [-0.39, 0.29) is 6.54 Å². The fraction of sp³-hybridized carbons (Fsp3) is 0.176. The molecule has 0 aliphatic heterocycles. The fourth-order valence-electron chi connectivity index (χ4n) is 2.38. The third-order valence-corrected chi connectivity index (χ3v) is 4.48. The molecule has 0 spiro atoms.